The highest BCUT2D eigenvalue weighted by molar-refractivity contribution is 7.33. The van der Waals surface area contributed by atoms with Crippen LogP contribution in [0.25, 0.3) is 43.5 Å². The minimum absolute atomic E-state index is 0.00738. The van der Waals surface area contributed by atoms with Gasteiger partial charge in [-0.3, -0.25) is 0 Å². The number of nitrogens with zero attached hydrogens (tertiary/aromatic N) is 2. The maximum absolute atomic E-state index is 2.64. The quantitative estimate of drug-likeness (QED) is 0.162. The van der Waals surface area contributed by atoms with E-state index >= 15 is 0 Å². The van der Waals surface area contributed by atoms with Crippen molar-refractivity contribution in [3.05, 3.63) is 232 Å². The zero-order valence-electron chi connectivity index (χ0n) is 42.7. The number of aryl methyl sites for hydroxylation is 4. The Bertz CT molecular complexity index is 3870. The number of fused-ring (bicyclic) bond motifs is 16. The van der Waals surface area contributed by atoms with Gasteiger partial charge in [0, 0.05) is 43.3 Å². The third kappa shape index (κ3) is 5.90. The Morgan fingerprint density at radius 1 is 0.514 bits per heavy atom. The van der Waals surface area contributed by atoms with Crippen LogP contribution < -0.4 is 25.5 Å². The molecule has 0 saturated heterocycles. The molecule has 4 aliphatic rings. The first-order valence-electron chi connectivity index (χ1n) is 25.9. The molecule has 9 aromatic carbocycles. The molecule has 72 heavy (non-hydrogen) atoms. The summed E-state index contributed by atoms with van der Waals surface area (Å²) in [4.78, 5) is 5.23. The predicted octanol–water partition coefficient (Wildman–Crippen LogP) is 16.6. The first kappa shape index (κ1) is 43.4. The van der Waals surface area contributed by atoms with Gasteiger partial charge in [-0.25, -0.2) is 0 Å². The highest BCUT2D eigenvalue weighted by Crippen LogP contribution is 2.64. The lowest BCUT2D eigenvalue weighted by Gasteiger charge is -2.43. The summed E-state index contributed by atoms with van der Waals surface area (Å²) in [5.41, 5.74) is 31.0. The lowest BCUT2D eigenvalue weighted by molar-refractivity contribution is 0.590. The van der Waals surface area contributed by atoms with E-state index in [4.69, 9.17) is 0 Å². The average Bonchev–Trinajstić information content (AvgIpc) is 3.98. The first-order chi connectivity index (χ1) is 34.8. The maximum Gasteiger partial charge on any atom is 0.264 e. The van der Waals surface area contributed by atoms with Crippen LogP contribution in [0.15, 0.2) is 176 Å². The zero-order chi connectivity index (χ0) is 49.1. The van der Waals surface area contributed by atoms with Crippen molar-refractivity contribution in [1.82, 2.24) is 0 Å². The standard InChI is InChI=1S/C68H57BN2S/c1-39(2)44-22-27-48(28-23-44)71-61-35-41(4)34-60-64(61)69(58-32-24-45(63-42(5)15-14-16-43(63)6)36-59(58)70(60)47-29-25-46(26-30-47)67(7,8)9)66-65(71)53-37-52-51-31-21-40(3)33-56(51)68(57(52)38-62(53)72-66)54-19-12-10-17-49(54)50-18-11-13-20-55(50)68/h10-39H,1-9H3. The Morgan fingerprint density at radius 2 is 1.12 bits per heavy atom. The normalized spacial score (nSPS) is 14.3. The van der Waals surface area contributed by atoms with E-state index in [-0.39, 0.29) is 12.1 Å². The molecule has 4 heteroatoms. The number of hydrogen-bond acceptors (Lipinski definition) is 3. The first-order valence-corrected chi connectivity index (χ1v) is 26.7. The van der Waals surface area contributed by atoms with Gasteiger partial charge in [0.05, 0.1) is 11.1 Å². The largest absolute Gasteiger partial charge is 0.311 e. The Balaban J connectivity index is 1.09. The van der Waals surface area contributed by atoms with Crippen LogP contribution in [0.1, 0.15) is 96.2 Å². The van der Waals surface area contributed by atoms with E-state index in [1.165, 1.54) is 149 Å². The van der Waals surface area contributed by atoms with Gasteiger partial charge >= 0.3 is 0 Å². The minimum Gasteiger partial charge on any atom is -0.311 e. The predicted molar refractivity (Wildman–Crippen MR) is 309 cm³/mol. The van der Waals surface area contributed by atoms with Crippen LogP contribution in [0.2, 0.25) is 0 Å². The summed E-state index contributed by atoms with van der Waals surface area (Å²) in [7, 11) is 0. The minimum atomic E-state index is -0.424. The summed E-state index contributed by atoms with van der Waals surface area (Å²) >= 11 is 2.01. The van der Waals surface area contributed by atoms with E-state index < -0.39 is 5.41 Å². The monoisotopic (exact) mass is 944 g/mol. The molecule has 0 radical (unpaired) electrons. The fourth-order valence-electron chi connectivity index (χ4n) is 13.4. The van der Waals surface area contributed by atoms with Crippen molar-refractivity contribution in [3.63, 3.8) is 0 Å². The molecule has 2 aliphatic carbocycles. The highest BCUT2D eigenvalue weighted by atomic mass is 32.1. The Hall–Kier alpha value is -7.40. The molecule has 1 aromatic heterocycles. The summed E-state index contributed by atoms with van der Waals surface area (Å²) in [6, 6.07) is 68.7. The molecule has 1 spiro atoms. The van der Waals surface area contributed by atoms with E-state index in [1.807, 2.05) is 11.3 Å². The molecule has 14 rings (SSSR count). The second kappa shape index (κ2) is 15.3. The van der Waals surface area contributed by atoms with E-state index in [2.05, 4.69) is 248 Å². The van der Waals surface area contributed by atoms with Crippen LogP contribution in [0.4, 0.5) is 34.1 Å². The van der Waals surface area contributed by atoms with E-state index in [0.29, 0.717) is 5.92 Å². The zero-order valence-corrected chi connectivity index (χ0v) is 43.5. The van der Waals surface area contributed by atoms with Crippen LogP contribution in [-0.2, 0) is 10.8 Å². The summed E-state index contributed by atoms with van der Waals surface area (Å²) in [6.07, 6.45) is 0. The molecule has 10 aromatic rings. The molecule has 3 heterocycles. The van der Waals surface area contributed by atoms with Crippen molar-refractivity contribution in [2.75, 3.05) is 9.80 Å². The van der Waals surface area contributed by atoms with Crippen LogP contribution in [0.3, 0.4) is 0 Å². The Kier molecular flexibility index (Phi) is 9.23. The van der Waals surface area contributed by atoms with Crippen molar-refractivity contribution in [3.8, 4) is 33.4 Å². The van der Waals surface area contributed by atoms with Gasteiger partial charge in [-0.15, -0.1) is 11.3 Å². The second-order valence-electron chi connectivity index (χ2n) is 22.5. The third-order valence-electron chi connectivity index (χ3n) is 16.8. The van der Waals surface area contributed by atoms with Gasteiger partial charge in [-0.1, -0.05) is 162 Å². The summed E-state index contributed by atoms with van der Waals surface area (Å²) in [5.74, 6) is 0.432. The molecule has 0 unspecified atom stereocenters. The van der Waals surface area contributed by atoms with Gasteiger partial charge in [-0.05, 0) is 188 Å². The number of thiophene rings is 1. The van der Waals surface area contributed by atoms with Crippen molar-refractivity contribution < 1.29 is 0 Å². The van der Waals surface area contributed by atoms with Crippen molar-refractivity contribution in [2.45, 2.75) is 79.1 Å². The number of rotatable bonds is 4. The molecule has 0 atom stereocenters. The molecule has 2 nitrogen and oxygen atoms in total. The van der Waals surface area contributed by atoms with Crippen molar-refractivity contribution in [2.24, 2.45) is 0 Å². The van der Waals surface area contributed by atoms with Gasteiger partial charge < -0.3 is 9.80 Å². The van der Waals surface area contributed by atoms with E-state index in [0.717, 1.165) is 0 Å². The molecule has 0 N–H and O–H groups in total. The third-order valence-corrected chi connectivity index (χ3v) is 18.0. The molecule has 2 aliphatic heterocycles. The number of hydrogen-bond donors (Lipinski definition) is 0. The Labute approximate surface area is 429 Å². The smallest absolute Gasteiger partial charge is 0.264 e. The topological polar surface area (TPSA) is 6.48 Å². The summed E-state index contributed by atoms with van der Waals surface area (Å²) in [6.45, 7) is 20.6. The molecule has 0 fully saturated rings. The van der Waals surface area contributed by atoms with Gasteiger partial charge in [0.2, 0.25) is 0 Å². The lowest BCUT2D eigenvalue weighted by atomic mass is 9.36. The fraction of sp³-hybridized carbons (Fsp3) is 0.176. The number of anilines is 6. The Morgan fingerprint density at radius 3 is 1.79 bits per heavy atom. The summed E-state index contributed by atoms with van der Waals surface area (Å²) < 4.78 is 2.72. The van der Waals surface area contributed by atoms with Gasteiger partial charge in [-0.2, -0.15) is 0 Å². The summed E-state index contributed by atoms with van der Waals surface area (Å²) in [5, 5.41) is 1.31. The van der Waals surface area contributed by atoms with Crippen LogP contribution in [-0.4, -0.2) is 6.71 Å². The molecule has 0 amide bonds. The highest BCUT2D eigenvalue weighted by Gasteiger charge is 2.53. The number of benzene rings is 9. The molecular formula is C68H57BN2S. The lowest BCUT2D eigenvalue weighted by Crippen LogP contribution is -2.60. The van der Waals surface area contributed by atoms with Crippen LogP contribution in [0.5, 0.6) is 0 Å². The van der Waals surface area contributed by atoms with Crippen molar-refractivity contribution >= 4 is 78.0 Å². The van der Waals surface area contributed by atoms with Crippen LogP contribution in [0, 0.1) is 27.7 Å². The van der Waals surface area contributed by atoms with Crippen LogP contribution >= 0.6 is 11.3 Å². The van der Waals surface area contributed by atoms with Crippen molar-refractivity contribution in [1.29, 1.82) is 0 Å². The SMILES string of the molecule is Cc1cc2c3c(c1)N(c1ccc(C(C)C)cc1)c1c(sc4cc5c(cc14)-c1ccc(C)cc1C51c4ccccc4-c4ccccc41)B3c1ccc(-c3c(C)cccc3C)cc1N2c1ccc(C(C)(C)C)cc1. The molecule has 348 valence electrons. The fourth-order valence-corrected chi connectivity index (χ4v) is 14.8. The molecule has 0 bridgehead atoms. The van der Waals surface area contributed by atoms with E-state index in [1.54, 1.807) is 0 Å². The second-order valence-corrected chi connectivity index (χ2v) is 23.6. The van der Waals surface area contributed by atoms with E-state index in [9.17, 15) is 0 Å². The van der Waals surface area contributed by atoms with Gasteiger partial charge in [0.15, 0.2) is 0 Å². The van der Waals surface area contributed by atoms with Gasteiger partial charge in [0.1, 0.15) is 0 Å². The van der Waals surface area contributed by atoms with Gasteiger partial charge in [0.25, 0.3) is 6.71 Å². The molecular weight excluding hydrogens is 888 g/mol. The maximum atomic E-state index is 2.64. The average molecular weight is 945 g/mol. The molecule has 0 saturated carbocycles.